The third-order valence-corrected chi connectivity index (χ3v) is 5.38. The molecule has 21 heavy (non-hydrogen) atoms. The molecule has 0 saturated carbocycles. The van der Waals surface area contributed by atoms with Crippen molar-refractivity contribution in [2.45, 2.75) is 33.3 Å². The molecule has 0 spiro atoms. The van der Waals surface area contributed by atoms with Crippen LogP contribution in [0.3, 0.4) is 0 Å². The summed E-state index contributed by atoms with van der Waals surface area (Å²) in [5, 5.41) is 13.8. The van der Waals surface area contributed by atoms with Gasteiger partial charge in [-0.15, -0.1) is 0 Å². The second-order valence-corrected chi connectivity index (χ2v) is 6.47. The number of carbonyl (C=O) groups is 1. The number of rotatable bonds is 0. The highest BCUT2D eigenvalue weighted by Gasteiger charge is 2.55. The molecule has 0 aromatic heterocycles. The van der Waals surface area contributed by atoms with Crippen LogP contribution in [0.4, 0.5) is 0 Å². The van der Waals surface area contributed by atoms with Crippen molar-refractivity contribution >= 4 is 22.1 Å². The molecule has 2 atom stereocenters. The molecule has 0 unspecified atom stereocenters. The number of ketones is 1. The average Bonchev–Trinajstić information content (AvgIpc) is 2.83. The van der Waals surface area contributed by atoms with Crippen molar-refractivity contribution in [3.05, 3.63) is 52.1 Å². The van der Waals surface area contributed by atoms with Gasteiger partial charge in [0.1, 0.15) is 5.60 Å². The van der Waals surface area contributed by atoms with Crippen LogP contribution >= 0.6 is 0 Å². The minimum atomic E-state index is -1.15. The second-order valence-electron chi connectivity index (χ2n) is 6.47. The van der Waals surface area contributed by atoms with Crippen LogP contribution in [-0.2, 0) is 10.4 Å². The predicted molar refractivity (Wildman–Crippen MR) is 84.1 cm³/mol. The van der Waals surface area contributed by atoms with Gasteiger partial charge in [-0.3, -0.25) is 4.79 Å². The van der Waals surface area contributed by atoms with Gasteiger partial charge in [0.25, 0.3) is 0 Å². The predicted octanol–water partition coefficient (Wildman–Crippen LogP) is 3.65. The van der Waals surface area contributed by atoms with Crippen molar-refractivity contribution in [3.63, 3.8) is 0 Å². The zero-order valence-corrected chi connectivity index (χ0v) is 12.7. The number of aliphatic hydroxyl groups is 1. The summed E-state index contributed by atoms with van der Waals surface area (Å²) in [7, 11) is 0. The summed E-state index contributed by atoms with van der Waals surface area (Å²) in [6, 6.07) is 8.33. The van der Waals surface area contributed by atoms with Gasteiger partial charge in [0, 0.05) is 11.1 Å². The van der Waals surface area contributed by atoms with E-state index in [-0.39, 0.29) is 5.78 Å². The highest BCUT2D eigenvalue weighted by molar-refractivity contribution is 6.19. The highest BCUT2D eigenvalue weighted by Crippen LogP contribution is 2.59. The molecule has 2 aliphatic carbocycles. The van der Waals surface area contributed by atoms with Gasteiger partial charge in [-0.05, 0) is 53.8 Å². The Labute approximate surface area is 124 Å². The van der Waals surface area contributed by atoms with Crippen molar-refractivity contribution < 1.29 is 9.90 Å². The minimum absolute atomic E-state index is 0.0674. The smallest absolute Gasteiger partial charge is 0.165 e. The number of allylic oxidation sites excluding steroid dienone is 1. The zero-order chi connectivity index (χ0) is 15.1. The maximum absolute atomic E-state index is 12.5. The molecule has 4 rings (SSSR count). The lowest BCUT2D eigenvalue weighted by atomic mass is 9.81. The Morgan fingerprint density at radius 2 is 1.67 bits per heavy atom. The van der Waals surface area contributed by atoms with Gasteiger partial charge in [-0.2, -0.15) is 0 Å². The van der Waals surface area contributed by atoms with Crippen molar-refractivity contribution in [1.82, 2.24) is 0 Å². The minimum Gasteiger partial charge on any atom is -0.380 e. The third kappa shape index (κ3) is 1.21. The van der Waals surface area contributed by atoms with Crippen LogP contribution in [0.25, 0.3) is 16.3 Å². The molecule has 0 aliphatic heterocycles. The van der Waals surface area contributed by atoms with E-state index in [0.29, 0.717) is 0 Å². The van der Waals surface area contributed by atoms with Crippen LogP contribution in [-0.4, -0.2) is 10.9 Å². The van der Waals surface area contributed by atoms with Crippen LogP contribution in [0.5, 0.6) is 0 Å². The Bertz CT molecular complexity index is 868. The number of aryl methyl sites for hydroxylation is 2. The first-order valence-electron chi connectivity index (χ1n) is 7.40. The molecule has 2 aromatic rings. The van der Waals surface area contributed by atoms with Crippen LogP contribution < -0.4 is 0 Å². The van der Waals surface area contributed by atoms with Crippen molar-refractivity contribution in [2.75, 3.05) is 0 Å². The first-order valence-corrected chi connectivity index (χ1v) is 7.40. The van der Waals surface area contributed by atoms with Crippen molar-refractivity contribution in [2.24, 2.45) is 5.92 Å². The molecule has 1 N–H and O–H groups in total. The molecule has 0 fully saturated rings. The largest absolute Gasteiger partial charge is 0.380 e. The van der Waals surface area contributed by atoms with Crippen LogP contribution in [0.2, 0.25) is 0 Å². The summed E-state index contributed by atoms with van der Waals surface area (Å²) in [4.78, 5) is 12.5. The first-order chi connectivity index (χ1) is 9.89. The molecular weight excluding hydrogens is 260 g/mol. The maximum atomic E-state index is 12.5. The van der Waals surface area contributed by atoms with Crippen molar-refractivity contribution in [3.8, 4) is 0 Å². The normalized spacial score (nSPS) is 26.9. The number of hydrogen-bond donors (Lipinski definition) is 1. The summed E-state index contributed by atoms with van der Waals surface area (Å²) in [5.41, 5.74) is 4.60. The van der Waals surface area contributed by atoms with Gasteiger partial charge in [0.15, 0.2) is 5.78 Å². The lowest BCUT2D eigenvalue weighted by Crippen LogP contribution is -2.32. The molecule has 2 aliphatic rings. The molecule has 0 heterocycles. The quantitative estimate of drug-likeness (QED) is 0.798. The Balaban J connectivity index is 2.30. The fraction of sp³-hybridized carbons (Fsp3) is 0.316. The molecule has 0 amide bonds. The summed E-state index contributed by atoms with van der Waals surface area (Å²) in [6.07, 6.45) is 0. The number of Topliss-reactive ketones (excluding diaryl/α,β-unsaturated/α-hetero) is 1. The van der Waals surface area contributed by atoms with Crippen LogP contribution in [0.1, 0.15) is 36.1 Å². The monoisotopic (exact) mass is 278 g/mol. The summed E-state index contributed by atoms with van der Waals surface area (Å²) >= 11 is 0. The first kappa shape index (κ1) is 12.8. The third-order valence-electron chi connectivity index (χ3n) is 5.38. The lowest BCUT2D eigenvalue weighted by Gasteiger charge is -2.28. The lowest BCUT2D eigenvalue weighted by molar-refractivity contribution is -0.122. The number of hydrogen-bond acceptors (Lipinski definition) is 2. The fourth-order valence-electron chi connectivity index (χ4n) is 4.30. The maximum Gasteiger partial charge on any atom is 0.165 e. The van der Waals surface area contributed by atoms with E-state index in [2.05, 4.69) is 25.1 Å². The summed E-state index contributed by atoms with van der Waals surface area (Å²) in [5.74, 6) is -0.346. The molecule has 2 nitrogen and oxygen atoms in total. The van der Waals surface area contributed by atoms with Gasteiger partial charge >= 0.3 is 0 Å². The van der Waals surface area contributed by atoms with E-state index in [9.17, 15) is 9.90 Å². The van der Waals surface area contributed by atoms with Crippen molar-refractivity contribution in [1.29, 1.82) is 0 Å². The van der Waals surface area contributed by atoms with Gasteiger partial charge in [-0.1, -0.05) is 31.2 Å². The molecule has 0 bridgehead atoms. The van der Waals surface area contributed by atoms with E-state index >= 15 is 0 Å². The zero-order valence-electron chi connectivity index (χ0n) is 12.7. The van der Waals surface area contributed by atoms with E-state index in [1.165, 1.54) is 0 Å². The molecule has 2 heteroatoms. The fourth-order valence-corrected chi connectivity index (χ4v) is 4.30. The van der Waals surface area contributed by atoms with Gasteiger partial charge < -0.3 is 5.11 Å². The standard InChI is InChI=1S/C19H18O2/c1-9-5-7-13-8-6-10(2)16-15(13)14(9)17-11(3)18(20)12(4)19(16,17)21/h5-8,12,21H,1-4H3/t12-,19-/m0/s1. The number of carbonyl (C=O) groups excluding carboxylic acids is 1. The Kier molecular flexibility index (Phi) is 2.21. The van der Waals surface area contributed by atoms with E-state index < -0.39 is 11.5 Å². The Morgan fingerprint density at radius 1 is 1.05 bits per heavy atom. The highest BCUT2D eigenvalue weighted by atomic mass is 16.3. The van der Waals surface area contributed by atoms with Gasteiger partial charge in [0.2, 0.25) is 0 Å². The summed E-state index contributed by atoms with van der Waals surface area (Å²) < 4.78 is 0. The Morgan fingerprint density at radius 3 is 2.33 bits per heavy atom. The number of benzene rings is 2. The number of fused-ring (bicyclic) bond motifs is 3. The second kappa shape index (κ2) is 3.63. The van der Waals surface area contributed by atoms with Gasteiger partial charge in [-0.25, -0.2) is 0 Å². The van der Waals surface area contributed by atoms with E-state index in [1.54, 1.807) is 0 Å². The van der Waals surface area contributed by atoms with Crippen LogP contribution in [0.15, 0.2) is 29.8 Å². The molecular formula is C19H18O2. The van der Waals surface area contributed by atoms with Gasteiger partial charge in [0.05, 0.1) is 5.92 Å². The van der Waals surface area contributed by atoms with Crippen LogP contribution in [0, 0.1) is 19.8 Å². The summed E-state index contributed by atoms with van der Waals surface area (Å²) in [6.45, 7) is 7.77. The molecule has 2 aromatic carbocycles. The van der Waals surface area contributed by atoms with E-state index in [0.717, 1.165) is 44.2 Å². The molecule has 0 saturated heterocycles. The average molecular weight is 278 g/mol. The van der Waals surface area contributed by atoms with E-state index in [4.69, 9.17) is 0 Å². The topological polar surface area (TPSA) is 37.3 Å². The SMILES string of the molecule is CC1=C2c3c(C)ccc4ccc(C)c(c34)[C@@]2(O)[C@@H](C)C1=O. The Hall–Kier alpha value is -1.93. The molecule has 106 valence electrons. The van der Waals surface area contributed by atoms with E-state index in [1.807, 2.05) is 26.8 Å². The molecule has 0 radical (unpaired) electrons.